The van der Waals surface area contributed by atoms with Crippen LogP contribution in [-0.4, -0.2) is 57.9 Å². The highest BCUT2D eigenvalue weighted by atomic mass is 16.3. The third-order valence-electron chi connectivity index (χ3n) is 8.23. The Bertz CT molecular complexity index is 1180. The Morgan fingerprint density at radius 1 is 0.971 bits per heavy atom. The summed E-state index contributed by atoms with van der Waals surface area (Å²) in [4.78, 5) is 45.2. The SMILES string of the molecule is O=C(CCN1C(=O)c2ccccc2N2C(=O)c3ccccc3[C@H]12)N1CC[C@]2(O)CCCC[C@H]2C1. The first-order valence-corrected chi connectivity index (χ1v) is 12.3. The molecule has 1 saturated heterocycles. The van der Waals surface area contributed by atoms with Crippen LogP contribution in [0.15, 0.2) is 48.5 Å². The van der Waals surface area contributed by atoms with Gasteiger partial charge in [-0.1, -0.05) is 43.2 Å². The van der Waals surface area contributed by atoms with Gasteiger partial charge in [0.25, 0.3) is 11.8 Å². The number of hydrogen-bond acceptors (Lipinski definition) is 4. The average molecular weight is 460 g/mol. The molecule has 6 rings (SSSR count). The lowest BCUT2D eigenvalue weighted by atomic mass is 9.71. The topological polar surface area (TPSA) is 81.2 Å². The molecule has 3 atom stereocenters. The minimum absolute atomic E-state index is 0.00319. The Labute approximate surface area is 198 Å². The van der Waals surface area contributed by atoms with E-state index < -0.39 is 11.8 Å². The highest BCUT2D eigenvalue weighted by Crippen LogP contribution is 2.45. The van der Waals surface area contributed by atoms with Crippen LogP contribution >= 0.6 is 0 Å². The lowest BCUT2D eigenvalue weighted by molar-refractivity contribution is -0.143. The number of likely N-dealkylation sites (tertiary alicyclic amines) is 1. The van der Waals surface area contributed by atoms with Gasteiger partial charge in [-0.05, 0) is 37.5 Å². The molecule has 0 spiro atoms. The number of nitrogens with zero attached hydrogens (tertiary/aromatic N) is 3. The highest BCUT2D eigenvalue weighted by Gasteiger charge is 2.48. The van der Waals surface area contributed by atoms with E-state index in [1.807, 2.05) is 35.2 Å². The lowest BCUT2D eigenvalue weighted by Gasteiger charge is -2.47. The zero-order chi connectivity index (χ0) is 23.4. The van der Waals surface area contributed by atoms with Crippen molar-refractivity contribution < 1.29 is 19.5 Å². The van der Waals surface area contributed by atoms with Crippen molar-refractivity contribution >= 4 is 23.4 Å². The molecule has 1 aliphatic carbocycles. The van der Waals surface area contributed by atoms with E-state index in [2.05, 4.69) is 0 Å². The van der Waals surface area contributed by atoms with Crippen molar-refractivity contribution in [3.63, 3.8) is 0 Å². The molecule has 0 unspecified atom stereocenters. The molecule has 2 aromatic carbocycles. The third kappa shape index (κ3) is 3.17. The number of anilines is 1. The van der Waals surface area contributed by atoms with E-state index in [1.165, 1.54) is 0 Å². The lowest BCUT2D eigenvalue weighted by Crippen LogP contribution is -2.55. The van der Waals surface area contributed by atoms with Crippen molar-refractivity contribution in [1.29, 1.82) is 0 Å². The Hall–Kier alpha value is -3.19. The molecule has 0 bridgehead atoms. The van der Waals surface area contributed by atoms with E-state index in [0.29, 0.717) is 36.3 Å². The third-order valence-corrected chi connectivity index (χ3v) is 8.23. The zero-order valence-corrected chi connectivity index (χ0v) is 19.2. The van der Waals surface area contributed by atoms with Crippen molar-refractivity contribution in [2.45, 2.75) is 50.3 Å². The zero-order valence-electron chi connectivity index (χ0n) is 19.2. The summed E-state index contributed by atoms with van der Waals surface area (Å²) in [6.45, 7) is 1.38. The van der Waals surface area contributed by atoms with Gasteiger partial charge in [0, 0.05) is 43.1 Å². The molecule has 3 aliphatic heterocycles. The second-order valence-corrected chi connectivity index (χ2v) is 10.0. The molecule has 7 heteroatoms. The molecular formula is C27H29N3O4. The number of fused-ring (bicyclic) bond motifs is 6. The monoisotopic (exact) mass is 459 g/mol. The van der Waals surface area contributed by atoms with Crippen LogP contribution in [0.1, 0.15) is 71.0 Å². The van der Waals surface area contributed by atoms with Crippen molar-refractivity contribution in [3.8, 4) is 0 Å². The van der Waals surface area contributed by atoms with E-state index in [9.17, 15) is 19.5 Å². The number of amides is 3. The normalized spacial score (nSPS) is 27.7. The maximum Gasteiger partial charge on any atom is 0.260 e. The van der Waals surface area contributed by atoms with E-state index in [0.717, 1.165) is 31.2 Å². The van der Waals surface area contributed by atoms with Crippen molar-refractivity contribution in [2.75, 3.05) is 24.5 Å². The fourth-order valence-corrected chi connectivity index (χ4v) is 6.37. The number of benzene rings is 2. The Kier molecular flexibility index (Phi) is 4.99. The van der Waals surface area contributed by atoms with Crippen LogP contribution < -0.4 is 4.90 Å². The van der Waals surface area contributed by atoms with Gasteiger partial charge in [-0.2, -0.15) is 0 Å². The maximum atomic E-state index is 13.5. The molecule has 4 aliphatic rings. The summed E-state index contributed by atoms with van der Waals surface area (Å²) in [6, 6.07) is 14.6. The number of hydrogen-bond donors (Lipinski definition) is 1. The van der Waals surface area contributed by atoms with E-state index >= 15 is 0 Å². The van der Waals surface area contributed by atoms with Crippen molar-refractivity contribution in [1.82, 2.24) is 9.80 Å². The Balaban J connectivity index is 1.25. The highest BCUT2D eigenvalue weighted by molar-refractivity contribution is 6.16. The standard InChI is InChI=1S/C27H29N3O4/c31-23(28-16-14-27(34)13-6-5-7-18(27)17-28)12-15-29-24-19-8-1-2-9-20(19)26(33)30(24)22-11-4-3-10-21(22)25(29)32/h1-4,8-11,18,24,34H,5-7,12-17H2/t18-,24+,27+/m0/s1. The van der Waals surface area contributed by atoms with Gasteiger partial charge in [0.15, 0.2) is 0 Å². The summed E-state index contributed by atoms with van der Waals surface area (Å²) >= 11 is 0. The van der Waals surface area contributed by atoms with Crippen molar-refractivity contribution in [3.05, 3.63) is 65.2 Å². The largest absolute Gasteiger partial charge is 0.389 e. The predicted molar refractivity (Wildman–Crippen MR) is 126 cm³/mol. The van der Waals surface area contributed by atoms with Crippen LogP contribution in [0.3, 0.4) is 0 Å². The number of piperidine rings is 1. The number of carbonyl (C=O) groups is 3. The van der Waals surface area contributed by atoms with Crippen molar-refractivity contribution in [2.24, 2.45) is 5.92 Å². The summed E-state index contributed by atoms with van der Waals surface area (Å²) < 4.78 is 0. The van der Waals surface area contributed by atoms with Crippen LogP contribution in [0.5, 0.6) is 0 Å². The van der Waals surface area contributed by atoms with Crippen LogP contribution in [-0.2, 0) is 4.79 Å². The molecule has 1 N–H and O–H groups in total. The molecule has 1 saturated carbocycles. The van der Waals surface area contributed by atoms with Gasteiger partial charge in [0.1, 0.15) is 6.17 Å². The summed E-state index contributed by atoms with van der Waals surface area (Å²) in [5, 5.41) is 10.9. The quantitative estimate of drug-likeness (QED) is 0.763. The van der Waals surface area contributed by atoms with Gasteiger partial charge in [0.2, 0.25) is 5.91 Å². The number of aliphatic hydroxyl groups is 1. The molecule has 0 radical (unpaired) electrons. The number of para-hydroxylation sites is 1. The number of carbonyl (C=O) groups excluding carboxylic acids is 3. The Morgan fingerprint density at radius 2 is 1.74 bits per heavy atom. The molecule has 3 heterocycles. The molecular weight excluding hydrogens is 430 g/mol. The maximum absolute atomic E-state index is 13.5. The minimum atomic E-state index is -0.629. The van der Waals surface area contributed by atoms with Gasteiger partial charge in [-0.3, -0.25) is 19.3 Å². The summed E-state index contributed by atoms with van der Waals surface area (Å²) in [5.74, 6) is -0.139. The van der Waals surface area contributed by atoms with Gasteiger partial charge in [-0.25, -0.2) is 0 Å². The molecule has 2 fully saturated rings. The van der Waals surface area contributed by atoms with Crippen LogP contribution in [0.2, 0.25) is 0 Å². The molecule has 3 amide bonds. The first-order valence-electron chi connectivity index (χ1n) is 12.3. The summed E-state index contributed by atoms with van der Waals surface area (Å²) in [7, 11) is 0. The first kappa shape index (κ1) is 21.4. The molecule has 0 aromatic heterocycles. The first-order chi connectivity index (χ1) is 16.5. The van der Waals surface area contributed by atoms with E-state index in [1.54, 1.807) is 28.0 Å². The van der Waals surface area contributed by atoms with Gasteiger partial charge in [0.05, 0.1) is 16.9 Å². The molecule has 34 heavy (non-hydrogen) atoms. The smallest absolute Gasteiger partial charge is 0.260 e. The van der Waals surface area contributed by atoms with Crippen LogP contribution in [0, 0.1) is 5.92 Å². The van der Waals surface area contributed by atoms with Crippen LogP contribution in [0.25, 0.3) is 0 Å². The van der Waals surface area contributed by atoms with E-state index in [4.69, 9.17) is 0 Å². The predicted octanol–water partition coefficient (Wildman–Crippen LogP) is 3.35. The second-order valence-electron chi connectivity index (χ2n) is 10.0. The molecule has 7 nitrogen and oxygen atoms in total. The average Bonchev–Trinajstić information content (AvgIpc) is 3.16. The fraction of sp³-hybridized carbons (Fsp3) is 0.444. The van der Waals surface area contributed by atoms with Crippen LogP contribution in [0.4, 0.5) is 5.69 Å². The minimum Gasteiger partial charge on any atom is -0.389 e. The summed E-state index contributed by atoms with van der Waals surface area (Å²) in [6.07, 6.45) is 4.21. The fourth-order valence-electron chi connectivity index (χ4n) is 6.37. The molecule has 2 aromatic rings. The van der Waals surface area contributed by atoms with Gasteiger partial charge >= 0.3 is 0 Å². The van der Waals surface area contributed by atoms with Gasteiger partial charge < -0.3 is 14.9 Å². The van der Waals surface area contributed by atoms with Gasteiger partial charge in [-0.15, -0.1) is 0 Å². The van der Waals surface area contributed by atoms with E-state index in [-0.39, 0.29) is 36.6 Å². The second kappa shape index (κ2) is 7.94. The Morgan fingerprint density at radius 3 is 2.59 bits per heavy atom. The number of rotatable bonds is 3. The summed E-state index contributed by atoms with van der Waals surface area (Å²) in [5.41, 5.74) is 1.87. The molecule has 176 valence electrons.